The minimum absolute atomic E-state index is 0.475. The maximum absolute atomic E-state index is 5.46. The molecule has 5 heteroatoms. The Labute approximate surface area is 181 Å². The van der Waals surface area contributed by atoms with E-state index in [-0.39, 0.29) is 0 Å². The monoisotopic (exact) mass is 408 g/mol. The van der Waals surface area contributed by atoms with E-state index in [1.54, 1.807) is 0 Å². The van der Waals surface area contributed by atoms with Gasteiger partial charge in [-0.15, -0.1) is 0 Å². The quantitative estimate of drug-likeness (QED) is 0.487. The number of hydrogen-bond donors (Lipinski definition) is 2. The third kappa shape index (κ3) is 7.47. The summed E-state index contributed by atoms with van der Waals surface area (Å²) in [7, 11) is 0. The fourth-order valence-corrected chi connectivity index (χ4v) is 3.72. The molecule has 0 aliphatic carbocycles. The highest BCUT2D eigenvalue weighted by atomic mass is 16.5. The van der Waals surface area contributed by atoms with Crippen LogP contribution in [0, 0.1) is 0 Å². The molecule has 0 amide bonds. The third-order valence-electron chi connectivity index (χ3n) is 5.44. The number of aliphatic imine (C=N–C) groups is 1. The van der Waals surface area contributed by atoms with E-state index in [1.165, 1.54) is 16.7 Å². The van der Waals surface area contributed by atoms with Gasteiger partial charge in [0.05, 0.1) is 13.2 Å². The number of hydrogen-bond acceptors (Lipinski definition) is 3. The van der Waals surface area contributed by atoms with Crippen LogP contribution < -0.4 is 10.6 Å². The van der Waals surface area contributed by atoms with Crippen LogP contribution in [0.15, 0.2) is 59.6 Å². The Morgan fingerprint density at radius 2 is 1.67 bits per heavy atom. The van der Waals surface area contributed by atoms with Crippen molar-refractivity contribution in [2.75, 3.05) is 26.2 Å². The molecule has 2 aromatic rings. The summed E-state index contributed by atoms with van der Waals surface area (Å²) in [6, 6.07) is 19.8. The Morgan fingerprint density at radius 3 is 2.33 bits per heavy atom. The number of rotatable bonds is 9. The third-order valence-corrected chi connectivity index (χ3v) is 5.44. The molecule has 3 rings (SSSR count). The van der Waals surface area contributed by atoms with Crippen molar-refractivity contribution >= 4 is 5.96 Å². The van der Waals surface area contributed by atoms with Crippen LogP contribution in [-0.4, -0.2) is 43.1 Å². The van der Waals surface area contributed by atoms with E-state index in [2.05, 4.69) is 77.1 Å². The Balaban J connectivity index is 1.47. The molecule has 0 saturated carbocycles. The van der Waals surface area contributed by atoms with Crippen LogP contribution in [0.25, 0.3) is 0 Å². The molecule has 0 radical (unpaired) electrons. The van der Waals surface area contributed by atoms with Crippen molar-refractivity contribution in [2.24, 2.45) is 4.99 Å². The van der Waals surface area contributed by atoms with E-state index < -0.39 is 0 Å². The van der Waals surface area contributed by atoms with Crippen molar-refractivity contribution in [1.82, 2.24) is 15.5 Å². The van der Waals surface area contributed by atoms with Gasteiger partial charge in [0.15, 0.2) is 5.96 Å². The van der Waals surface area contributed by atoms with Gasteiger partial charge < -0.3 is 15.4 Å². The lowest BCUT2D eigenvalue weighted by molar-refractivity contribution is 0.134. The number of benzene rings is 2. The van der Waals surface area contributed by atoms with E-state index >= 15 is 0 Å². The molecule has 5 nitrogen and oxygen atoms in total. The van der Waals surface area contributed by atoms with Crippen molar-refractivity contribution < 1.29 is 4.74 Å². The van der Waals surface area contributed by atoms with Gasteiger partial charge in [-0.2, -0.15) is 0 Å². The van der Waals surface area contributed by atoms with E-state index in [4.69, 9.17) is 9.73 Å². The molecule has 1 saturated heterocycles. The van der Waals surface area contributed by atoms with Gasteiger partial charge in [0, 0.05) is 38.8 Å². The van der Waals surface area contributed by atoms with Gasteiger partial charge in [0.25, 0.3) is 0 Å². The lowest BCUT2D eigenvalue weighted by Gasteiger charge is -2.33. The summed E-state index contributed by atoms with van der Waals surface area (Å²) in [5, 5.41) is 7.04. The molecule has 1 fully saturated rings. The second-order valence-corrected chi connectivity index (χ2v) is 7.83. The first-order valence-electron chi connectivity index (χ1n) is 11.2. The average Bonchev–Trinajstić information content (AvgIpc) is 2.79. The van der Waals surface area contributed by atoms with E-state index in [0.717, 1.165) is 51.6 Å². The second kappa shape index (κ2) is 12.4. The smallest absolute Gasteiger partial charge is 0.191 e. The summed E-state index contributed by atoms with van der Waals surface area (Å²) in [5.41, 5.74) is 3.81. The van der Waals surface area contributed by atoms with Crippen molar-refractivity contribution in [1.29, 1.82) is 0 Å². The fraction of sp³-hybridized carbons (Fsp3) is 0.480. The van der Waals surface area contributed by atoms with Crippen molar-refractivity contribution in [3.8, 4) is 0 Å². The molecule has 0 spiro atoms. The molecule has 1 heterocycles. The average molecular weight is 409 g/mol. The Hall–Kier alpha value is -2.37. The van der Waals surface area contributed by atoms with Crippen LogP contribution in [-0.2, 0) is 24.4 Å². The molecule has 0 aromatic heterocycles. The van der Waals surface area contributed by atoms with Gasteiger partial charge in [0.1, 0.15) is 0 Å². The predicted molar refractivity (Wildman–Crippen MR) is 124 cm³/mol. The molecule has 0 atom stereocenters. The minimum Gasteiger partial charge on any atom is -0.377 e. The lowest BCUT2D eigenvalue weighted by atomic mass is 10.0. The maximum Gasteiger partial charge on any atom is 0.191 e. The summed E-state index contributed by atoms with van der Waals surface area (Å²) in [6.45, 7) is 10.4. The summed E-state index contributed by atoms with van der Waals surface area (Å²) in [5.74, 6) is 0.914. The zero-order chi connectivity index (χ0) is 21.0. The normalized spacial score (nSPS) is 15.9. The number of ether oxygens (including phenoxy) is 1. The van der Waals surface area contributed by atoms with E-state index in [0.29, 0.717) is 19.2 Å². The molecule has 162 valence electrons. The van der Waals surface area contributed by atoms with Gasteiger partial charge in [-0.3, -0.25) is 4.90 Å². The zero-order valence-corrected chi connectivity index (χ0v) is 18.4. The van der Waals surface area contributed by atoms with E-state index in [1.807, 2.05) is 6.92 Å². The van der Waals surface area contributed by atoms with Crippen LogP contribution in [0.4, 0.5) is 0 Å². The van der Waals surface area contributed by atoms with Crippen LogP contribution >= 0.6 is 0 Å². The van der Waals surface area contributed by atoms with Crippen molar-refractivity contribution in [3.05, 3.63) is 71.3 Å². The number of likely N-dealkylation sites (tertiary alicyclic amines) is 1. The van der Waals surface area contributed by atoms with Crippen molar-refractivity contribution in [3.63, 3.8) is 0 Å². The Morgan fingerprint density at radius 1 is 0.967 bits per heavy atom. The van der Waals surface area contributed by atoms with Gasteiger partial charge >= 0.3 is 0 Å². The summed E-state index contributed by atoms with van der Waals surface area (Å²) < 4.78 is 5.46. The van der Waals surface area contributed by atoms with Crippen LogP contribution in [0.1, 0.15) is 43.4 Å². The summed E-state index contributed by atoms with van der Waals surface area (Å²) in [6.07, 6.45) is 2.28. The molecular formula is C25H36N4O. The van der Waals surface area contributed by atoms with Crippen molar-refractivity contribution in [2.45, 2.75) is 52.4 Å². The highest BCUT2D eigenvalue weighted by molar-refractivity contribution is 5.80. The standard InChI is InChI=1S/C25H36N4O/c1-3-26-25(27-18-21-10-12-23(13-11-21)20-30-4-2)28-24-14-16-29(17-15-24)19-22-8-6-5-7-9-22/h5-13,24H,3-4,14-20H2,1-2H3,(H2,26,27,28). The molecule has 0 unspecified atom stereocenters. The molecule has 2 N–H and O–H groups in total. The lowest BCUT2D eigenvalue weighted by Crippen LogP contribution is -2.48. The molecule has 30 heavy (non-hydrogen) atoms. The first-order valence-corrected chi connectivity index (χ1v) is 11.2. The van der Waals surface area contributed by atoms with Crippen LogP contribution in [0.2, 0.25) is 0 Å². The van der Waals surface area contributed by atoms with Gasteiger partial charge in [-0.1, -0.05) is 54.6 Å². The zero-order valence-electron chi connectivity index (χ0n) is 18.4. The Kier molecular flexibility index (Phi) is 9.19. The first kappa shape index (κ1) is 22.3. The number of nitrogens with zero attached hydrogens (tertiary/aromatic N) is 2. The summed E-state index contributed by atoms with van der Waals surface area (Å²) in [4.78, 5) is 7.35. The highest BCUT2D eigenvalue weighted by Gasteiger charge is 2.20. The first-order chi connectivity index (χ1) is 14.8. The minimum atomic E-state index is 0.475. The molecular weight excluding hydrogens is 372 g/mol. The van der Waals surface area contributed by atoms with Gasteiger partial charge in [-0.05, 0) is 43.4 Å². The topological polar surface area (TPSA) is 48.9 Å². The van der Waals surface area contributed by atoms with Gasteiger partial charge in [-0.25, -0.2) is 4.99 Å². The van der Waals surface area contributed by atoms with E-state index in [9.17, 15) is 0 Å². The SMILES string of the molecule is CCNC(=NCc1ccc(COCC)cc1)NC1CCN(Cc2ccccc2)CC1. The van der Waals surface area contributed by atoms with Crippen LogP contribution in [0.3, 0.4) is 0 Å². The second-order valence-electron chi connectivity index (χ2n) is 7.83. The number of guanidine groups is 1. The van der Waals surface area contributed by atoms with Gasteiger partial charge in [0.2, 0.25) is 0 Å². The molecule has 2 aromatic carbocycles. The maximum atomic E-state index is 5.46. The number of nitrogens with one attached hydrogen (secondary N) is 2. The largest absolute Gasteiger partial charge is 0.377 e. The fourth-order valence-electron chi connectivity index (χ4n) is 3.72. The Bertz CT molecular complexity index is 752. The van der Waals surface area contributed by atoms with Crippen LogP contribution in [0.5, 0.6) is 0 Å². The molecule has 1 aliphatic rings. The predicted octanol–water partition coefficient (Wildman–Crippen LogP) is 3.94. The summed E-state index contributed by atoms with van der Waals surface area (Å²) >= 11 is 0. The number of piperidine rings is 1. The molecule has 0 bridgehead atoms. The highest BCUT2D eigenvalue weighted by Crippen LogP contribution is 2.14. The molecule has 1 aliphatic heterocycles.